The molecule has 1 aliphatic heterocycles. The Labute approximate surface area is 112 Å². The molecule has 0 aromatic rings. The van der Waals surface area contributed by atoms with E-state index in [1.807, 2.05) is 0 Å². The molecule has 0 aromatic carbocycles. The Kier molecular flexibility index (Phi) is 6.25. The average Bonchev–Trinajstić information content (AvgIpc) is 2.44. The van der Waals surface area contributed by atoms with E-state index in [1.54, 1.807) is 11.8 Å². The Hall–Kier alpha value is -1.65. The summed E-state index contributed by atoms with van der Waals surface area (Å²) < 4.78 is 4.73. The number of ether oxygens (including phenoxy) is 1. The van der Waals surface area contributed by atoms with Crippen LogP contribution in [0.3, 0.4) is 0 Å². The van der Waals surface area contributed by atoms with E-state index >= 15 is 0 Å². The predicted octanol–water partition coefficient (Wildman–Crippen LogP) is -1.07. The Morgan fingerprint density at radius 1 is 1.37 bits per heavy atom. The van der Waals surface area contributed by atoms with Crippen LogP contribution in [-0.2, 0) is 14.3 Å². The Bertz CT molecular complexity index is 358. The Morgan fingerprint density at radius 3 is 2.53 bits per heavy atom. The van der Waals surface area contributed by atoms with Gasteiger partial charge in [-0.25, -0.2) is 4.79 Å². The lowest BCUT2D eigenvalue weighted by molar-refractivity contribution is -0.151. The molecule has 1 unspecified atom stereocenters. The predicted molar refractivity (Wildman–Crippen MR) is 67.9 cm³/mol. The third-order valence-electron chi connectivity index (χ3n) is 3.03. The van der Waals surface area contributed by atoms with Gasteiger partial charge in [0, 0.05) is 39.1 Å². The van der Waals surface area contributed by atoms with Crippen LogP contribution in [0.5, 0.6) is 0 Å². The monoisotopic (exact) mass is 268 g/mol. The van der Waals surface area contributed by atoms with Crippen molar-refractivity contribution in [3.8, 4) is 6.07 Å². The number of nitriles is 1. The van der Waals surface area contributed by atoms with Crippen LogP contribution in [0.1, 0.15) is 13.3 Å². The Balaban J connectivity index is 2.40. The van der Waals surface area contributed by atoms with Crippen LogP contribution in [0.2, 0.25) is 0 Å². The molecular formula is C12H20N4O3. The normalized spacial score (nSPS) is 17.6. The van der Waals surface area contributed by atoms with Crippen molar-refractivity contribution in [1.82, 2.24) is 9.80 Å². The largest absolute Gasteiger partial charge is 0.464 e. The van der Waals surface area contributed by atoms with Crippen molar-refractivity contribution < 1.29 is 14.3 Å². The van der Waals surface area contributed by atoms with Crippen molar-refractivity contribution in [2.24, 2.45) is 5.73 Å². The van der Waals surface area contributed by atoms with Crippen LogP contribution in [0, 0.1) is 11.3 Å². The maximum absolute atomic E-state index is 12.0. The number of hydrogen-bond donors (Lipinski definition) is 1. The fourth-order valence-electron chi connectivity index (χ4n) is 1.93. The van der Waals surface area contributed by atoms with Gasteiger partial charge in [-0.1, -0.05) is 0 Å². The first-order chi connectivity index (χ1) is 9.10. The highest BCUT2D eigenvalue weighted by molar-refractivity contribution is 6.01. The van der Waals surface area contributed by atoms with Gasteiger partial charge in [0.1, 0.15) is 0 Å². The maximum atomic E-state index is 12.0. The average molecular weight is 268 g/mol. The van der Waals surface area contributed by atoms with Crippen molar-refractivity contribution >= 4 is 11.9 Å². The zero-order valence-electron chi connectivity index (χ0n) is 11.2. The lowest BCUT2D eigenvalue weighted by atomic mass is 10.2. The van der Waals surface area contributed by atoms with E-state index in [-0.39, 0.29) is 6.61 Å². The summed E-state index contributed by atoms with van der Waals surface area (Å²) in [7, 11) is 0. The van der Waals surface area contributed by atoms with Crippen LogP contribution >= 0.6 is 0 Å². The SMILES string of the molecule is CCOC(=O)C(N)C(=O)N1CCN(CCC#N)CC1. The van der Waals surface area contributed by atoms with Gasteiger partial charge in [-0.2, -0.15) is 5.26 Å². The first kappa shape index (κ1) is 15.4. The number of carbonyl (C=O) groups excluding carboxylic acids is 2. The van der Waals surface area contributed by atoms with E-state index in [0.717, 1.165) is 0 Å². The minimum Gasteiger partial charge on any atom is -0.464 e. The molecule has 1 fully saturated rings. The minimum atomic E-state index is -1.23. The number of piperazine rings is 1. The molecule has 1 saturated heterocycles. The van der Waals surface area contributed by atoms with Crippen molar-refractivity contribution in [2.75, 3.05) is 39.3 Å². The number of amides is 1. The van der Waals surface area contributed by atoms with Crippen LogP contribution in [0.4, 0.5) is 0 Å². The summed E-state index contributed by atoms with van der Waals surface area (Å²) in [4.78, 5) is 27.0. The highest BCUT2D eigenvalue weighted by Crippen LogP contribution is 2.04. The summed E-state index contributed by atoms with van der Waals surface area (Å²) in [5.41, 5.74) is 5.57. The molecule has 2 N–H and O–H groups in total. The first-order valence-corrected chi connectivity index (χ1v) is 6.40. The second-order valence-corrected chi connectivity index (χ2v) is 4.30. The second-order valence-electron chi connectivity index (χ2n) is 4.30. The third kappa shape index (κ3) is 4.50. The zero-order chi connectivity index (χ0) is 14.3. The summed E-state index contributed by atoms with van der Waals surface area (Å²) in [6.07, 6.45) is 0.482. The molecule has 1 atom stereocenters. The standard InChI is InChI=1S/C12H20N4O3/c1-2-19-12(18)10(14)11(17)16-8-6-15(7-9-16)5-3-4-13/h10H,2-3,5-9,14H2,1H3. The van der Waals surface area contributed by atoms with Gasteiger partial charge in [-0.05, 0) is 6.92 Å². The van der Waals surface area contributed by atoms with E-state index < -0.39 is 17.9 Å². The van der Waals surface area contributed by atoms with E-state index in [9.17, 15) is 9.59 Å². The van der Waals surface area contributed by atoms with E-state index in [1.165, 1.54) is 0 Å². The molecule has 1 aliphatic rings. The lowest BCUT2D eigenvalue weighted by Crippen LogP contribution is -2.55. The van der Waals surface area contributed by atoms with E-state index in [4.69, 9.17) is 15.7 Å². The van der Waals surface area contributed by atoms with Crippen LogP contribution < -0.4 is 5.73 Å². The molecule has 0 aliphatic carbocycles. The molecule has 106 valence electrons. The van der Waals surface area contributed by atoms with Gasteiger partial charge >= 0.3 is 5.97 Å². The summed E-state index contributed by atoms with van der Waals surface area (Å²) in [6, 6.07) is 0.862. The number of rotatable bonds is 5. The molecule has 19 heavy (non-hydrogen) atoms. The number of carbonyl (C=O) groups is 2. The van der Waals surface area contributed by atoms with Gasteiger partial charge in [0.05, 0.1) is 12.7 Å². The van der Waals surface area contributed by atoms with Gasteiger partial charge in [-0.3, -0.25) is 9.69 Å². The van der Waals surface area contributed by atoms with Crippen molar-refractivity contribution in [1.29, 1.82) is 5.26 Å². The second kappa shape index (κ2) is 7.71. The number of nitrogens with zero attached hydrogens (tertiary/aromatic N) is 3. The van der Waals surface area contributed by atoms with Gasteiger partial charge < -0.3 is 15.4 Å². The van der Waals surface area contributed by atoms with Crippen LogP contribution in [0.15, 0.2) is 0 Å². The van der Waals surface area contributed by atoms with Crippen molar-refractivity contribution in [3.05, 3.63) is 0 Å². The fourth-order valence-corrected chi connectivity index (χ4v) is 1.93. The smallest absolute Gasteiger partial charge is 0.332 e. The number of esters is 1. The summed E-state index contributed by atoms with van der Waals surface area (Å²) in [5.74, 6) is -1.07. The molecular weight excluding hydrogens is 248 g/mol. The number of hydrogen-bond acceptors (Lipinski definition) is 6. The van der Waals surface area contributed by atoms with Crippen molar-refractivity contribution in [3.63, 3.8) is 0 Å². The molecule has 1 heterocycles. The molecule has 0 saturated carbocycles. The molecule has 1 rings (SSSR count). The van der Waals surface area contributed by atoms with E-state index in [0.29, 0.717) is 39.1 Å². The summed E-state index contributed by atoms with van der Waals surface area (Å²) >= 11 is 0. The topological polar surface area (TPSA) is 99.7 Å². The molecule has 7 heteroatoms. The van der Waals surface area contributed by atoms with E-state index in [2.05, 4.69) is 11.0 Å². The summed E-state index contributed by atoms with van der Waals surface area (Å²) in [5, 5.41) is 8.51. The molecule has 0 radical (unpaired) electrons. The Morgan fingerprint density at radius 2 is 2.00 bits per heavy atom. The molecule has 0 aromatic heterocycles. The molecule has 1 amide bonds. The first-order valence-electron chi connectivity index (χ1n) is 6.40. The molecule has 7 nitrogen and oxygen atoms in total. The maximum Gasteiger partial charge on any atom is 0.332 e. The minimum absolute atomic E-state index is 0.210. The van der Waals surface area contributed by atoms with Gasteiger partial charge in [0.15, 0.2) is 6.04 Å². The highest BCUT2D eigenvalue weighted by Gasteiger charge is 2.30. The third-order valence-corrected chi connectivity index (χ3v) is 3.03. The number of nitrogens with two attached hydrogens (primary N) is 1. The van der Waals surface area contributed by atoms with Gasteiger partial charge in [0.25, 0.3) is 5.91 Å². The van der Waals surface area contributed by atoms with Gasteiger partial charge in [0.2, 0.25) is 0 Å². The highest BCUT2D eigenvalue weighted by atomic mass is 16.5. The van der Waals surface area contributed by atoms with Crippen LogP contribution in [-0.4, -0.2) is 67.0 Å². The zero-order valence-corrected chi connectivity index (χ0v) is 11.2. The fraction of sp³-hybridized carbons (Fsp3) is 0.750. The van der Waals surface area contributed by atoms with Crippen LogP contribution in [0.25, 0.3) is 0 Å². The lowest BCUT2D eigenvalue weighted by Gasteiger charge is -2.35. The molecule has 0 bridgehead atoms. The quantitative estimate of drug-likeness (QED) is 0.503. The van der Waals surface area contributed by atoms with Gasteiger partial charge in [-0.15, -0.1) is 0 Å². The molecule has 0 spiro atoms. The van der Waals surface area contributed by atoms with Crippen molar-refractivity contribution in [2.45, 2.75) is 19.4 Å². The summed E-state index contributed by atoms with van der Waals surface area (Å²) in [6.45, 7) is 5.04.